The molecule has 2 rings (SSSR count). The first-order valence-corrected chi connectivity index (χ1v) is 6.43. The lowest BCUT2D eigenvalue weighted by Gasteiger charge is -2.09. The van der Waals surface area contributed by atoms with Crippen LogP contribution in [0.4, 0.5) is 0 Å². The lowest BCUT2D eigenvalue weighted by molar-refractivity contribution is -0.119. The Labute approximate surface area is 103 Å². The van der Waals surface area contributed by atoms with Crippen molar-refractivity contribution in [2.24, 2.45) is 0 Å². The van der Waals surface area contributed by atoms with E-state index in [1.54, 1.807) is 0 Å². The van der Waals surface area contributed by atoms with Gasteiger partial charge in [-0.2, -0.15) is 0 Å². The van der Waals surface area contributed by atoms with Crippen molar-refractivity contribution in [3.63, 3.8) is 0 Å². The molecule has 1 aliphatic rings. The molecular formula is C15H20O2. The molecule has 0 radical (unpaired) electrons. The average molecular weight is 232 g/mol. The molecule has 1 atom stereocenters. The molecular weight excluding hydrogens is 212 g/mol. The van der Waals surface area contributed by atoms with Crippen molar-refractivity contribution >= 4 is 5.78 Å². The van der Waals surface area contributed by atoms with Crippen molar-refractivity contribution < 1.29 is 9.53 Å². The molecule has 1 unspecified atom stereocenters. The van der Waals surface area contributed by atoms with E-state index in [-0.39, 0.29) is 0 Å². The van der Waals surface area contributed by atoms with Gasteiger partial charge in [0.05, 0.1) is 6.10 Å². The van der Waals surface area contributed by atoms with E-state index >= 15 is 0 Å². The summed E-state index contributed by atoms with van der Waals surface area (Å²) in [5, 5.41) is 0. The quantitative estimate of drug-likeness (QED) is 0.780. The number of carbonyl (C=O) groups is 1. The van der Waals surface area contributed by atoms with Crippen LogP contribution in [0.5, 0.6) is 0 Å². The SMILES string of the molecule is Cc1ccccc1CC(=O)CCC1CCCO1. The molecule has 0 bridgehead atoms. The van der Waals surface area contributed by atoms with Crippen LogP contribution in [0.3, 0.4) is 0 Å². The molecule has 0 spiro atoms. The summed E-state index contributed by atoms with van der Waals surface area (Å²) in [6.07, 6.45) is 4.72. The molecule has 17 heavy (non-hydrogen) atoms. The van der Waals surface area contributed by atoms with E-state index in [0.29, 0.717) is 24.7 Å². The normalized spacial score (nSPS) is 19.5. The second-order valence-electron chi connectivity index (χ2n) is 4.82. The number of Topliss-reactive ketones (excluding diaryl/α,β-unsaturated/α-hetero) is 1. The first-order chi connectivity index (χ1) is 8.25. The maximum atomic E-state index is 11.9. The Morgan fingerprint density at radius 3 is 2.94 bits per heavy atom. The summed E-state index contributed by atoms with van der Waals surface area (Å²) >= 11 is 0. The molecule has 92 valence electrons. The molecule has 2 nitrogen and oxygen atoms in total. The molecule has 2 heteroatoms. The Morgan fingerprint density at radius 1 is 1.41 bits per heavy atom. The molecule has 0 aliphatic carbocycles. The van der Waals surface area contributed by atoms with Gasteiger partial charge in [-0.15, -0.1) is 0 Å². The second kappa shape index (κ2) is 5.97. The number of ketones is 1. The van der Waals surface area contributed by atoms with Gasteiger partial charge in [-0.05, 0) is 37.3 Å². The Kier molecular flexibility index (Phi) is 4.32. The zero-order valence-electron chi connectivity index (χ0n) is 10.4. The predicted molar refractivity (Wildman–Crippen MR) is 68.1 cm³/mol. The first-order valence-electron chi connectivity index (χ1n) is 6.43. The van der Waals surface area contributed by atoms with Gasteiger partial charge >= 0.3 is 0 Å². The van der Waals surface area contributed by atoms with Crippen LogP contribution in [0.25, 0.3) is 0 Å². The number of hydrogen-bond acceptors (Lipinski definition) is 2. The highest BCUT2D eigenvalue weighted by molar-refractivity contribution is 5.81. The summed E-state index contributed by atoms with van der Waals surface area (Å²) in [6, 6.07) is 8.10. The van der Waals surface area contributed by atoms with Gasteiger partial charge in [0.15, 0.2) is 0 Å². The van der Waals surface area contributed by atoms with Gasteiger partial charge in [-0.3, -0.25) is 4.79 Å². The van der Waals surface area contributed by atoms with Gasteiger partial charge in [-0.1, -0.05) is 24.3 Å². The molecule has 1 aliphatic heterocycles. The molecule has 0 amide bonds. The van der Waals surface area contributed by atoms with Gasteiger partial charge in [0.2, 0.25) is 0 Å². The van der Waals surface area contributed by atoms with Crippen LogP contribution in [0.15, 0.2) is 24.3 Å². The fourth-order valence-corrected chi connectivity index (χ4v) is 2.30. The number of hydrogen-bond donors (Lipinski definition) is 0. The number of aryl methyl sites for hydroxylation is 1. The average Bonchev–Trinajstić information content (AvgIpc) is 2.82. The maximum absolute atomic E-state index is 11.9. The summed E-state index contributed by atoms with van der Waals surface area (Å²) in [5.41, 5.74) is 2.36. The van der Waals surface area contributed by atoms with Gasteiger partial charge in [-0.25, -0.2) is 0 Å². The lowest BCUT2D eigenvalue weighted by atomic mass is 10.00. The minimum Gasteiger partial charge on any atom is -0.378 e. The molecule has 0 aromatic heterocycles. The van der Waals surface area contributed by atoms with Crippen molar-refractivity contribution in [3.05, 3.63) is 35.4 Å². The monoisotopic (exact) mass is 232 g/mol. The van der Waals surface area contributed by atoms with Crippen LogP contribution >= 0.6 is 0 Å². The molecule has 1 aromatic rings. The number of benzene rings is 1. The highest BCUT2D eigenvalue weighted by Crippen LogP contribution is 2.18. The van der Waals surface area contributed by atoms with Crippen molar-refractivity contribution in [3.8, 4) is 0 Å². The number of carbonyl (C=O) groups excluding carboxylic acids is 1. The first kappa shape index (κ1) is 12.3. The third-order valence-electron chi connectivity index (χ3n) is 3.42. The van der Waals surface area contributed by atoms with E-state index in [2.05, 4.69) is 13.0 Å². The standard InChI is InChI=1S/C15H20O2/c1-12-5-2-3-6-13(12)11-14(16)8-9-15-7-4-10-17-15/h2-3,5-6,15H,4,7-11H2,1H3. The van der Waals surface area contributed by atoms with E-state index in [4.69, 9.17) is 4.74 Å². The van der Waals surface area contributed by atoms with Crippen molar-refractivity contribution in [2.75, 3.05) is 6.61 Å². The van der Waals surface area contributed by atoms with E-state index in [0.717, 1.165) is 31.4 Å². The fraction of sp³-hybridized carbons (Fsp3) is 0.533. The van der Waals surface area contributed by atoms with E-state index < -0.39 is 0 Å². The van der Waals surface area contributed by atoms with Crippen LogP contribution in [-0.4, -0.2) is 18.5 Å². The summed E-state index contributed by atoms with van der Waals surface area (Å²) in [7, 11) is 0. The third-order valence-corrected chi connectivity index (χ3v) is 3.42. The zero-order chi connectivity index (χ0) is 12.1. The van der Waals surface area contributed by atoms with E-state index in [9.17, 15) is 4.79 Å². The minimum atomic E-state index is 0.329. The summed E-state index contributed by atoms with van der Waals surface area (Å²) in [5.74, 6) is 0.329. The molecule has 1 saturated heterocycles. The zero-order valence-corrected chi connectivity index (χ0v) is 10.4. The molecule has 1 aromatic carbocycles. The summed E-state index contributed by atoms with van der Waals surface area (Å²) in [4.78, 5) is 11.9. The molecule has 1 heterocycles. The van der Waals surface area contributed by atoms with Crippen LogP contribution < -0.4 is 0 Å². The van der Waals surface area contributed by atoms with Crippen molar-refractivity contribution in [2.45, 2.75) is 45.1 Å². The van der Waals surface area contributed by atoms with Crippen LogP contribution in [0.1, 0.15) is 36.8 Å². The highest BCUT2D eigenvalue weighted by atomic mass is 16.5. The Bertz CT molecular complexity index is 378. The predicted octanol–water partition coefficient (Wildman–Crippen LogP) is 3.07. The van der Waals surface area contributed by atoms with Gasteiger partial charge in [0, 0.05) is 19.4 Å². The van der Waals surface area contributed by atoms with Crippen molar-refractivity contribution in [1.29, 1.82) is 0 Å². The largest absolute Gasteiger partial charge is 0.378 e. The Hall–Kier alpha value is -1.15. The second-order valence-corrected chi connectivity index (χ2v) is 4.82. The Balaban J connectivity index is 1.79. The fourth-order valence-electron chi connectivity index (χ4n) is 2.30. The third kappa shape index (κ3) is 3.67. The smallest absolute Gasteiger partial charge is 0.137 e. The topological polar surface area (TPSA) is 26.3 Å². The lowest BCUT2D eigenvalue weighted by Crippen LogP contribution is -2.10. The van der Waals surface area contributed by atoms with Gasteiger partial charge in [0.25, 0.3) is 0 Å². The van der Waals surface area contributed by atoms with E-state index in [1.807, 2.05) is 18.2 Å². The van der Waals surface area contributed by atoms with Gasteiger partial charge in [0.1, 0.15) is 5.78 Å². The van der Waals surface area contributed by atoms with Crippen LogP contribution in [0.2, 0.25) is 0 Å². The minimum absolute atomic E-state index is 0.329. The van der Waals surface area contributed by atoms with Gasteiger partial charge < -0.3 is 4.74 Å². The Morgan fingerprint density at radius 2 is 2.24 bits per heavy atom. The van der Waals surface area contributed by atoms with Crippen molar-refractivity contribution in [1.82, 2.24) is 0 Å². The van der Waals surface area contributed by atoms with Crippen LogP contribution in [0, 0.1) is 6.92 Å². The summed E-state index contributed by atoms with van der Waals surface area (Å²) < 4.78 is 5.53. The maximum Gasteiger partial charge on any atom is 0.137 e. The molecule has 0 N–H and O–H groups in total. The molecule has 0 saturated carbocycles. The number of ether oxygens (including phenoxy) is 1. The molecule has 1 fully saturated rings. The number of rotatable bonds is 5. The summed E-state index contributed by atoms with van der Waals surface area (Å²) in [6.45, 7) is 2.93. The van der Waals surface area contributed by atoms with Crippen LogP contribution in [-0.2, 0) is 16.0 Å². The van der Waals surface area contributed by atoms with E-state index in [1.165, 1.54) is 5.56 Å². The highest BCUT2D eigenvalue weighted by Gasteiger charge is 2.16.